The molecule has 1 aromatic carbocycles. The molecule has 130 valence electrons. The maximum Gasteiger partial charge on any atom is 0.252 e. The van der Waals surface area contributed by atoms with Crippen LogP contribution >= 0.6 is 0 Å². The molecule has 3 aromatic rings. The average molecular weight is 340 g/mol. The summed E-state index contributed by atoms with van der Waals surface area (Å²) in [5, 5.41) is 3.94. The molecule has 0 atom stereocenters. The lowest BCUT2D eigenvalue weighted by atomic mass is 10.3. The zero-order chi connectivity index (χ0) is 17.5. The van der Waals surface area contributed by atoms with Crippen LogP contribution in [0.4, 0.5) is 11.6 Å². The molecule has 2 heterocycles. The zero-order valence-electron chi connectivity index (χ0n) is 14.0. The number of rotatable bonds is 8. The van der Waals surface area contributed by atoms with Gasteiger partial charge in [-0.15, -0.1) is 0 Å². The third-order valence-corrected chi connectivity index (χ3v) is 3.64. The molecule has 0 amide bonds. The highest BCUT2D eigenvalue weighted by Gasteiger charge is 2.07. The Morgan fingerprint density at radius 2 is 1.92 bits per heavy atom. The smallest absolute Gasteiger partial charge is 0.252 e. The van der Waals surface area contributed by atoms with Gasteiger partial charge in [-0.1, -0.05) is 18.2 Å². The van der Waals surface area contributed by atoms with Crippen molar-refractivity contribution in [2.75, 3.05) is 32.2 Å². The lowest BCUT2D eigenvalue weighted by molar-refractivity contribution is 0.0666. The second-order valence-electron chi connectivity index (χ2n) is 5.39. The number of fused-ring (bicyclic) bond motifs is 1. The minimum absolute atomic E-state index is 0.118. The second kappa shape index (κ2) is 8.36. The van der Waals surface area contributed by atoms with E-state index in [2.05, 4.69) is 15.3 Å². The van der Waals surface area contributed by atoms with Crippen LogP contribution in [0.5, 0.6) is 0 Å². The van der Waals surface area contributed by atoms with E-state index in [-0.39, 0.29) is 5.56 Å². The van der Waals surface area contributed by atoms with Crippen LogP contribution < -0.4 is 10.9 Å². The summed E-state index contributed by atoms with van der Waals surface area (Å²) in [7, 11) is 1.62. The molecule has 0 aliphatic heterocycles. The van der Waals surface area contributed by atoms with Gasteiger partial charge in [0.2, 0.25) is 5.95 Å². The second-order valence-corrected chi connectivity index (χ2v) is 5.39. The monoisotopic (exact) mass is 340 g/mol. The predicted octanol–water partition coefficient (Wildman–Crippen LogP) is 2.20. The van der Waals surface area contributed by atoms with E-state index in [1.54, 1.807) is 23.9 Å². The van der Waals surface area contributed by atoms with Crippen molar-refractivity contribution in [1.29, 1.82) is 0 Å². The number of para-hydroxylation sites is 1. The summed E-state index contributed by atoms with van der Waals surface area (Å²) in [5.74, 6) is 0.443. The molecule has 7 heteroatoms. The molecule has 3 rings (SSSR count). The lowest BCUT2D eigenvalue weighted by Crippen LogP contribution is -2.23. The summed E-state index contributed by atoms with van der Waals surface area (Å²) in [5.41, 5.74) is 1.35. The number of nitrogens with zero attached hydrogens (tertiary/aromatic N) is 3. The van der Waals surface area contributed by atoms with Gasteiger partial charge in [0, 0.05) is 30.4 Å². The minimum atomic E-state index is -0.118. The van der Waals surface area contributed by atoms with E-state index in [4.69, 9.17) is 9.47 Å². The van der Waals surface area contributed by atoms with Gasteiger partial charge in [-0.05, 0) is 18.2 Å². The highest BCUT2D eigenvalue weighted by Crippen LogP contribution is 2.15. The summed E-state index contributed by atoms with van der Waals surface area (Å²) in [4.78, 5) is 21.0. The van der Waals surface area contributed by atoms with E-state index < -0.39 is 0 Å². The Hall–Kier alpha value is -2.77. The number of ether oxygens (including phenoxy) is 2. The Balaban J connectivity index is 1.83. The van der Waals surface area contributed by atoms with Gasteiger partial charge in [0.25, 0.3) is 5.56 Å². The molecule has 0 fully saturated rings. The molecular formula is C18H20N4O3. The van der Waals surface area contributed by atoms with Crippen molar-refractivity contribution in [2.45, 2.75) is 6.54 Å². The molecule has 0 aliphatic rings. The van der Waals surface area contributed by atoms with Gasteiger partial charge in [0.15, 0.2) is 0 Å². The van der Waals surface area contributed by atoms with Crippen molar-refractivity contribution >= 4 is 22.7 Å². The van der Waals surface area contributed by atoms with Crippen molar-refractivity contribution in [3.63, 3.8) is 0 Å². The molecule has 0 spiro atoms. The first-order valence-electron chi connectivity index (χ1n) is 8.03. The summed E-state index contributed by atoms with van der Waals surface area (Å²) in [6.07, 6.45) is 1.70. The molecule has 1 N–H and O–H groups in total. The predicted molar refractivity (Wildman–Crippen MR) is 96.2 cm³/mol. The maximum absolute atomic E-state index is 12.2. The quantitative estimate of drug-likeness (QED) is 0.634. The highest BCUT2D eigenvalue weighted by molar-refractivity contribution is 5.75. The highest BCUT2D eigenvalue weighted by atomic mass is 16.5. The lowest BCUT2D eigenvalue weighted by Gasteiger charge is -2.11. The van der Waals surface area contributed by atoms with Crippen LogP contribution in [0.25, 0.3) is 11.0 Å². The number of aromatic nitrogens is 3. The van der Waals surface area contributed by atoms with Crippen molar-refractivity contribution in [3.05, 3.63) is 59.0 Å². The van der Waals surface area contributed by atoms with Crippen LogP contribution in [-0.4, -0.2) is 41.5 Å². The van der Waals surface area contributed by atoms with Crippen LogP contribution in [0.3, 0.4) is 0 Å². The van der Waals surface area contributed by atoms with Gasteiger partial charge in [-0.2, -0.15) is 4.98 Å². The number of anilines is 2. The Morgan fingerprint density at radius 1 is 1.08 bits per heavy atom. The molecule has 0 unspecified atom stereocenters. The van der Waals surface area contributed by atoms with Crippen LogP contribution in [0.2, 0.25) is 0 Å². The van der Waals surface area contributed by atoms with E-state index in [9.17, 15) is 4.79 Å². The van der Waals surface area contributed by atoms with Crippen molar-refractivity contribution < 1.29 is 9.47 Å². The number of benzene rings is 1. The molecule has 7 nitrogen and oxygen atoms in total. The fourth-order valence-electron chi connectivity index (χ4n) is 2.40. The van der Waals surface area contributed by atoms with Crippen LogP contribution in [0, 0.1) is 0 Å². The minimum Gasteiger partial charge on any atom is -0.382 e. The maximum atomic E-state index is 12.2. The van der Waals surface area contributed by atoms with E-state index in [0.717, 1.165) is 11.1 Å². The first-order valence-corrected chi connectivity index (χ1v) is 8.03. The third-order valence-electron chi connectivity index (χ3n) is 3.64. The Bertz CT molecular complexity index is 880. The topological polar surface area (TPSA) is 78.3 Å². The number of hydrogen-bond acceptors (Lipinski definition) is 6. The largest absolute Gasteiger partial charge is 0.382 e. The van der Waals surface area contributed by atoms with Crippen LogP contribution in [0.15, 0.2) is 53.5 Å². The summed E-state index contributed by atoms with van der Waals surface area (Å²) >= 11 is 0. The van der Waals surface area contributed by atoms with E-state index in [0.29, 0.717) is 38.0 Å². The molecule has 0 aliphatic carbocycles. The molecular weight excluding hydrogens is 320 g/mol. The standard InChI is InChI=1S/C18H20N4O3/c1-24-11-12-25-10-9-22-16(23)8-7-14-13-19-18(21-17(14)22)20-15-5-3-2-4-6-15/h2-8,13H,9-12H2,1H3,(H,19,20,21). The van der Waals surface area contributed by atoms with Crippen LogP contribution in [-0.2, 0) is 16.0 Å². The summed E-state index contributed by atoms with van der Waals surface area (Å²) < 4.78 is 12.0. The van der Waals surface area contributed by atoms with Gasteiger partial charge >= 0.3 is 0 Å². The van der Waals surface area contributed by atoms with Crippen molar-refractivity contribution in [2.24, 2.45) is 0 Å². The Morgan fingerprint density at radius 3 is 2.72 bits per heavy atom. The summed E-state index contributed by atoms with van der Waals surface area (Å²) in [6, 6.07) is 12.9. The Labute approximate surface area is 145 Å². The van der Waals surface area contributed by atoms with Gasteiger partial charge < -0.3 is 14.8 Å². The molecule has 0 saturated carbocycles. The zero-order valence-corrected chi connectivity index (χ0v) is 14.0. The SMILES string of the molecule is COCCOCCn1c(=O)ccc2cnc(Nc3ccccc3)nc21. The molecule has 0 bridgehead atoms. The molecule has 0 saturated heterocycles. The first kappa shape index (κ1) is 17.1. The van der Waals surface area contributed by atoms with E-state index in [1.807, 2.05) is 30.3 Å². The van der Waals surface area contributed by atoms with Crippen LogP contribution in [0.1, 0.15) is 0 Å². The van der Waals surface area contributed by atoms with E-state index >= 15 is 0 Å². The van der Waals surface area contributed by atoms with Crippen molar-refractivity contribution in [1.82, 2.24) is 14.5 Å². The first-order chi connectivity index (χ1) is 12.3. The van der Waals surface area contributed by atoms with Gasteiger partial charge in [0.05, 0.1) is 26.4 Å². The number of hydrogen-bond donors (Lipinski definition) is 1. The number of nitrogens with one attached hydrogen (secondary N) is 1. The normalized spacial score (nSPS) is 10.9. The van der Waals surface area contributed by atoms with Gasteiger partial charge in [0.1, 0.15) is 5.65 Å². The molecule has 0 radical (unpaired) electrons. The Kier molecular flexibility index (Phi) is 5.71. The van der Waals surface area contributed by atoms with Gasteiger partial charge in [-0.3, -0.25) is 9.36 Å². The molecule has 2 aromatic heterocycles. The fourth-order valence-corrected chi connectivity index (χ4v) is 2.40. The third kappa shape index (κ3) is 4.40. The fraction of sp³-hybridized carbons (Fsp3) is 0.278. The average Bonchev–Trinajstić information content (AvgIpc) is 2.64. The number of methoxy groups -OCH3 is 1. The van der Waals surface area contributed by atoms with Gasteiger partial charge in [-0.25, -0.2) is 4.98 Å². The van der Waals surface area contributed by atoms with Crippen molar-refractivity contribution in [3.8, 4) is 0 Å². The summed E-state index contributed by atoms with van der Waals surface area (Å²) in [6.45, 7) is 1.85. The molecule has 25 heavy (non-hydrogen) atoms. The number of pyridine rings is 1. The van der Waals surface area contributed by atoms with E-state index in [1.165, 1.54) is 6.07 Å².